The summed E-state index contributed by atoms with van der Waals surface area (Å²) < 4.78 is 0. The number of allylic oxidation sites excluding steroid dienone is 2. The first kappa shape index (κ1) is 28.1. The monoisotopic (exact) mass is 413 g/mol. The predicted molar refractivity (Wildman–Crippen MR) is 120 cm³/mol. The normalized spacial score (nSPS) is 13.2. The summed E-state index contributed by atoms with van der Waals surface area (Å²) in [6, 6.07) is 0. The first-order chi connectivity index (χ1) is 14.1. The summed E-state index contributed by atoms with van der Waals surface area (Å²) in [6.45, 7) is 1.94. The number of aliphatic hydroxyl groups is 3. The lowest BCUT2D eigenvalue weighted by molar-refractivity contribution is -0.134. The fourth-order valence-electron chi connectivity index (χ4n) is 4.34. The van der Waals surface area contributed by atoms with Crippen molar-refractivity contribution >= 4 is 5.91 Å². The van der Waals surface area contributed by atoms with Crippen LogP contribution in [-0.2, 0) is 4.79 Å². The fraction of sp³-hybridized carbons (Fsp3) is 0.875. The highest BCUT2D eigenvalue weighted by Crippen LogP contribution is 2.40. The maximum absolute atomic E-state index is 12.2. The zero-order valence-corrected chi connectivity index (χ0v) is 18.8. The van der Waals surface area contributed by atoms with Crippen LogP contribution in [0.5, 0.6) is 0 Å². The number of amides is 1. The van der Waals surface area contributed by atoms with Crippen molar-refractivity contribution in [3.05, 3.63) is 12.2 Å². The van der Waals surface area contributed by atoms with Crippen LogP contribution in [0.1, 0.15) is 103 Å². The average molecular weight is 414 g/mol. The third-order valence-electron chi connectivity index (χ3n) is 6.18. The second kappa shape index (κ2) is 19.1. The van der Waals surface area contributed by atoms with E-state index < -0.39 is 11.3 Å². The number of rotatable bonds is 21. The molecule has 0 saturated heterocycles. The van der Waals surface area contributed by atoms with Crippen molar-refractivity contribution in [2.75, 3.05) is 19.8 Å². The van der Waals surface area contributed by atoms with Gasteiger partial charge in [0.2, 0.25) is 5.91 Å². The smallest absolute Gasteiger partial charge is 0.224 e. The molecule has 1 unspecified atom stereocenters. The van der Waals surface area contributed by atoms with Gasteiger partial charge in [0.1, 0.15) is 0 Å². The van der Waals surface area contributed by atoms with E-state index in [9.17, 15) is 20.1 Å². The molecule has 1 atom stereocenters. The maximum atomic E-state index is 12.2. The summed E-state index contributed by atoms with van der Waals surface area (Å²) in [7, 11) is 0. The van der Waals surface area contributed by atoms with E-state index in [-0.39, 0.29) is 38.6 Å². The van der Waals surface area contributed by atoms with Crippen LogP contribution in [0.25, 0.3) is 0 Å². The van der Waals surface area contributed by atoms with Gasteiger partial charge in [-0.15, -0.1) is 0 Å². The highest BCUT2D eigenvalue weighted by atomic mass is 16.3. The molecule has 0 radical (unpaired) electrons. The van der Waals surface area contributed by atoms with E-state index in [4.69, 9.17) is 5.73 Å². The minimum Gasteiger partial charge on any atom is -0.396 e. The lowest BCUT2D eigenvalue weighted by Crippen LogP contribution is -2.45. The van der Waals surface area contributed by atoms with Crippen molar-refractivity contribution < 1.29 is 20.1 Å². The third-order valence-corrected chi connectivity index (χ3v) is 6.18. The number of hydrogen-bond acceptors (Lipinski definition) is 4. The van der Waals surface area contributed by atoms with Gasteiger partial charge in [-0.1, -0.05) is 64.0 Å². The molecule has 0 heterocycles. The molecule has 1 amide bonds. The van der Waals surface area contributed by atoms with Crippen molar-refractivity contribution in [3.8, 4) is 0 Å². The van der Waals surface area contributed by atoms with Crippen LogP contribution in [0.2, 0.25) is 0 Å². The number of nitrogens with two attached hydrogens (primary N) is 1. The molecule has 0 rings (SSSR count). The summed E-state index contributed by atoms with van der Waals surface area (Å²) in [5.74, 6) is -0.579. The van der Waals surface area contributed by atoms with Crippen molar-refractivity contribution in [3.63, 3.8) is 0 Å². The van der Waals surface area contributed by atoms with Gasteiger partial charge in [0.25, 0.3) is 0 Å². The van der Waals surface area contributed by atoms with Crippen molar-refractivity contribution in [2.45, 2.75) is 103 Å². The van der Waals surface area contributed by atoms with Crippen LogP contribution in [0.4, 0.5) is 0 Å². The van der Waals surface area contributed by atoms with Crippen LogP contribution in [0.3, 0.4) is 0 Å². The Bertz CT molecular complexity index is 406. The van der Waals surface area contributed by atoms with Gasteiger partial charge >= 0.3 is 0 Å². The maximum Gasteiger partial charge on any atom is 0.224 e. The topological polar surface area (TPSA) is 104 Å². The number of primary amides is 1. The van der Waals surface area contributed by atoms with Crippen molar-refractivity contribution in [1.82, 2.24) is 0 Å². The standard InChI is InChI=1S/C24H47NO4/c1-2-3-4-5-6-7-8-9-10-11-12-13-14-15-22(16-19-26)24(17-20-27,18-21-28)23(25)29/h9-10,22,26-28H,2-8,11-21H2,1H3,(H2,25,29). The van der Waals surface area contributed by atoms with Crippen LogP contribution in [0.15, 0.2) is 12.2 Å². The summed E-state index contributed by atoms with van der Waals surface area (Å²) >= 11 is 0. The number of carbonyl (C=O) groups excluding carboxylic acids is 1. The van der Waals surface area contributed by atoms with Gasteiger partial charge in [-0.25, -0.2) is 0 Å². The van der Waals surface area contributed by atoms with Crippen LogP contribution in [0, 0.1) is 11.3 Å². The molecule has 0 bridgehead atoms. The predicted octanol–water partition coefficient (Wildman–Crippen LogP) is 4.48. The second-order valence-corrected chi connectivity index (χ2v) is 8.34. The quantitative estimate of drug-likeness (QED) is 0.164. The molecule has 0 fully saturated rings. The molecular formula is C24H47NO4. The van der Waals surface area contributed by atoms with E-state index in [2.05, 4.69) is 19.1 Å². The van der Waals surface area contributed by atoms with E-state index >= 15 is 0 Å². The third kappa shape index (κ3) is 12.4. The van der Waals surface area contributed by atoms with Crippen molar-refractivity contribution in [2.24, 2.45) is 17.1 Å². The zero-order valence-electron chi connectivity index (χ0n) is 18.8. The zero-order chi connectivity index (χ0) is 21.8. The van der Waals surface area contributed by atoms with Crippen LogP contribution in [-0.4, -0.2) is 41.0 Å². The Balaban J connectivity index is 4.18. The molecule has 29 heavy (non-hydrogen) atoms. The Morgan fingerprint density at radius 1 is 0.793 bits per heavy atom. The van der Waals surface area contributed by atoms with Gasteiger partial charge in [-0.3, -0.25) is 4.79 Å². The number of hydrogen-bond donors (Lipinski definition) is 4. The summed E-state index contributed by atoms with van der Waals surface area (Å²) in [6.07, 6.45) is 19.7. The first-order valence-corrected chi connectivity index (χ1v) is 11.9. The van der Waals surface area contributed by atoms with E-state index in [0.29, 0.717) is 6.42 Å². The van der Waals surface area contributed by atoms with Gasteiger partial charge in [0.05, 0.1) is 5.41 Å². The molecule has 172 valence electrons. The molecule has 0 aliphatic carbocycles. The SMILES string of the molecule is CCCCCCCCC=CCCCCCC(CCO)C(CCO)(CCO)C(N)=O. The lowest BCUT2D eigenvalue weighted by Gasteiger charge is -2.38. The summed E-state index contributed by atoms with van der Waals surface area (Å²) in [5.41, 5.74) is 4.74. The molecular weight excluding hydrogens is 366 g/mol. The number of unbranched alkanes of at least 4 members (excludes halogenated alkanes) is 9. The molecule has 0 aromatic rings. The van der Waals surface area contributed by atoms with Crippen LogP contribution >= 0.6 is 0 Å². The average Bonchev–Trinajstić information content (AvgIpc) is 2.70. The van der Waals surface area contributed by atoms with Crippen molar-refractivity contribution in [1.29, 1.82) is 0 Å². The van der Waals surface area contributed by atoms with Gasteiger partial charge < -0.3 is 21.1 Å². The molecule has 5 heteroatoms. The largest absolute Gasteiger partial charge is 0.396 e. The molecule has 0 saturated carbocycles. The van der Waals surface area contributed by atoms with Crippen LogP contribution < -0.4 is 5.73 Å². The first-order valence-electron chi connectivity index (χ1n) is 11.9. The molecule has 0 aliphatic heterocycles. The van der Waals surface area contributed by atoms with E-state index in [1.807, 2.05) is 0 Å². The molecule has 0 aromatic heterocycles. The summed E-state index contributed by atoms with van der Waals surface area (Å²) in [4.78, 5) is 12.2. The molecule has 0 spiro atoms. The van der Waals surface area contributed by atoms with E-state index in [1.54, 1.807) is 0 Å². The fourth-order valence-corrected chi connectivity index (χ4v) is 4.34. The van der Waals surface area contributed by atoms with Gasteiger partial charge in [-0.2, -0.15) is 0 Å². The number of aliphatic hydroxyl groups excluding tert-OH is 3. The number of carbonyl (C=O) groups is 1. The Hall–Kier alpha value is -0.910. The van der Waals surface area contributed by atoms with Gasteiger partial charge in [-0.05, 0) is 57.3 Å². The minimum atomic E-state index is -0.927. The molecule has 0 aliphatic rings. The highest BCUT2D eigenvalue weighted by molar-refractivity contribution is 5.81. The Kier molecular flexibility index (Phi) is 18.5. The second-order valence-electron chi connectivity index (χ2n) is 8.34. The van der Waals surface area contributed by atoms with E-state index in [0.717, 1.165) is 32.1 Å². The van der Waals surface area contributed by atoms with E-state index in [1.165, 1.54) is 44.9 Å². The highest BCUT2D eigenvalue weighted by Gasteiger charge is 2.42. The molecule has 5 N–H and O–H groups in total. The van der Waals surface area contributed by atoms with Gasteiger partial charge in [0.15, 0.2) is 0 Å². The lowest BCUT2D eigenvalue weighted by atomic mass is 9.67. The Morgan fingerprint density at radius 3 is 1.79 bits per heavy atom. The van der Waals surface area contributed by atoms with Gasteiger partial charge in [0, 0.05) is 19.8 Å². The Labute approximate surface area is 178 Å². The Morgan fingerprint density at radius 2 is 1.31 bits per heavy atom. The minimum absolute atomic E-state index is 0.0161. The summed E-state index contributed by atoms with van der Waals surface area (Å²) in [5, 5.41) is 28.3. The molecule has 0 aromatic carbocycles. The molecule has 5 nitrogen and oxygen atoms in total.